The summed E-state index contributed by atoms with van der Waals surface area (Å²) in [5.41, 5.74) is 1.54. The minimum Gasteiger partial charge on any atom is -0.339 e. The summed E-state index contributed by atoms with van der Waals surface area (Å²) in [6, 6.07) is 11.7. The van der Waals surface area contributed by atoms with Gasteiger partial charge in [-0.2, -0.15) is 0 Å². The quantitative estimate of drug-likeness (QED) is 0.682. The van der Waals surface area contributed by atoms with E-state index in [0.717, 1.165) is 38.6 Å². The fraction of sp³-hybridized carbons (Fsp3) is 0.350. The molecule has 1 aliphatic heterocycles. The van der Waals surface area contributed by atoms with Gasteiger partial charge in [0.25, 0.3) is 5.91 Å². The van der Waals surface area contributed by atoms with Crippen molar-refractivity contribution in [2.45, 2.75) is 25.8 Å². The molecule has 1 aliphatic rings. The van der Waals surface area contributed by atoms with Crippen molar-refractivity contribution in [3.8, 4) is 0 Å². The highest BCUT2D eigenvalue weighted by Gasteiger charge is 2.22. The van der Waals surface area contributed by atoms with Crippen LogP contribution in [-0.4, -0.2) is 38.6 Å². The number of amides is 1. The van der Waals surface area contributed by atoms with Gasteiger partial charge in [0.15, 0.2) is 0 Å². The lowest BCUT2D eigenvalue weighted by molar-refractivity contribution is 0.0724. The number of likely N-dealkylation sites (tertiary alicyclic amines) is 1. The van der Waals surface area contributed by atoms with E-state index in [4.69, 9.17) is 23.2 Å². The maximum Gasteiger partial charge on any atom is 0.253 e. The molecule has 0 spiro atoms. The zero-order valence-corrected chi connectivity index (χ0v) is 17.9. The van der Waals surface area contributed by atoms with Crippen molar-refractivity contribution in [2.24, 2.45) is 0 Å². The minimum absolute atomic E-state index is 0.0107. The molecule has 28 heavy (non-hydrogen) atoms. The molecule has 0 N–H and O–H groups in total. The molecule has 0 atom stereocenters. The molecule has 0 aromatic heterocycles. The van der Waals surface area contributed by atoms with Gasteiger partial charge in [0.1, 0.15) is 0 Å². The van der Waals surface area contributed by atoms with Crippen LogP contribution in [-0.2, 0) is 16.6 Å². The van der Waals surface area contributed by atoms with E-state index in [9.17, 15) is 13.2 Å². The summed E-state index contributed by atoms with van der Waals surface area (Å²) >= 11 is 12.4. The molecule has 2 aromatic rings. The topological polar surface area (TPSA) is 57.7 Å². The molecule has 1 saturated heterocycles. The molecule has 0 saturated carbocycles. The van der Waals surface area contributed by atoms with E-state index in [-0.39, 0.29) is 12.5 Å². The number of carbonyl (C=O) groups is 1. The number of hydrogen-bond donors (Lipinski definition) is 0. The van der Waals surface area contributed by atoms with Gasteiger partial charge in [-0.3, -0.25) is 9.10 Å². The highest BCUT2D eigenvalue weighted by molar-refractivity contribution is 7.92. The standard InChI is InChI=1S/C20H22Cl2N2O3S/c1-28(26,27)24(14-17-18(21)6-5-7-19(17)22)16-10-8-15(9-11-16)20(25)23-12-3-2-4-13-23/h5-11H,2-4,12-14H2,1H3. The minimum atomic E-state index is -3.58. The summed E-state index contributed by atoms with van der Waals surface area (Å²) in [6.07, 6.45) is 4.32. The van der Waals surface area contributed by atoms with Gasteiger partial charge in [-0.1, -0.05) is 29.3 Å². The van der Waals surface area contributed by atoms with E-state index >= 15 is 0 Å². The Morgan fingerprint density at radius 2 is 1.57 bits per heavy atom. The molecule has 3 rings (SSSR count). The van der Waals surface area contributed by atoms with E-state index < -0.39 is 10.0 Å². The predicted molar refractivity (Wildman–Crippen MR) is 114 cm³/mol. The van der Waals surface area contributed by atoms with Gasteiger partial charge in [0.2, 0.25) is 10.0 Å². The van der Waals surface area contributed by atoms with Crippen molar-refractivity contribution in [3.05, 3.63) is 63.6 Å². The molecule has 0 bridgehead atoms. The number of rotatable bonds is 5. The molecule has 8 heteroatoms. The number of piperidine rings is 1. The Kier molecular flexibility index (Phi) is 6.53. The number of benzene rings is 2. The number of hydrogen-bond acceptors (Lipinski definition) is 3. The molecule has 1 fully saturated rings. The number of nitrogens with zero attached hydrogens (tertiary/aromatic N) is 2. The Bertz CT molecular complexity index is 936. The number of halogens is 2. The molecule has 150 valence electrons. The predicted octanol–water partition coefficient (Wildman–Crippen LogP) is 4.59. The third-order valence-electron chi connectivity index (χ3n) is 4.81. The van der Waals surface area contributed by atoms with E-state index in [1.54, 1.807) is 42.5 Å². The fourth-order valence-electron chi connectivity index (χ4n) is 3.28. The summed E-state index contributed by atoms with van der Waals surface area (Å²) in [4.78, 5) is 14.5. The highest BCUT2D eigenvalue weighted by Crippen LogP contribution is 2.29. The van der Waals surface area contributed by atoms with E-state index in [1.165, 1.54) is 4.31 Å². The van der Waals surface area contributed by atoms with Gasteiger partial charge < -0.3 is 4.90 Å². The largest absolute Gasteiger partial charge is 0.339 e. The molecular formula is C20H22Cl2N2O3S. The van der Waals surface area contributed by atoms with E-state index in [1.807, 2.05) is 4.90 Å². The second kappa shape index (κ2) is 8.72. The second-order valence-electron chi connectivity index (χ2n) is 6.87. The number of anilines is 1. The van der Waals surface area contributed by atoms with Gasteiger partial charge >= 0.3 is 0 Å². The smallest absolute Gasteiger partial charge is 0.253 e. The lowest BCUT2D eigenvalue weighted by atomic mass is 10.1. The molecule has 0 unspecified atom stereocenters. The van der Waals surface area contributed by atoms with E-state index in [0.29, 0.717) is 26.9 Å². The Labute approximate surface area is 175 Å². The summed E-state index contributed by atoms with van der Waals surface area (Å²) in [5, 5.41) is 0.802. The van der Waals surface area contributed by atoms with Crippen molar-refractivity contribution in [1.82, 2.24) is 4.90 Å². The third-order valence-corrected chi connectivity index (χ3v) is 6.66. The van der Waals surface area contributed by atoms with Crippen LogP contribution in [0.4, 0.5) is 5.69 Å². The third kappa shape index (κ3) is 4.80. The van der Waals surface area contributed by atoms with Crippen molar-refractivity contribution < 1.29 is 13.2 Å². The molecular weight excluding hydrogens is 419 g/mol. The van der Waals surface area contributed by atoms with Crippen molar-refractivity contribution >= 4 is 44.8 Å². The highest BCUT2D eigenvalue weighted by atomic mass is 35.5. The molecule has 1 amide bonds. The fourth-order valence-corrected chi connectivity index (χ4v) is 4.66. The summed E-state index contributed by atoms with van der Waals surface area (Å²) in [5.74, 6) is -0.0219. The van der Waals surface area contributed by atoms with Crippen LogP contribution in [0, 0.1) is 0 Å². The van der Waals surface area contributed by atoms with Gasteiger partial charge in [-0.25, -0.2) is 8.42 Å². The lowest BCUT2D eigenvalue weighted by Gasteiger charge is -2.27. The van der Waals surface area contributed by atoms with Crippen LogP contribution < -0.4 is 4.31 Å². The molecule has 0 aliphatic carbocycles. The molecule has 5 nitrogen and oxygen atoms in total. The van der Waals surface area contributed by atoms with Gasteiger partial charge in [0, 0.05) is 34.3 Å². The zero-order valence-electron chi connectivity index (χ0n) is 15.6. The monoisotopic (exact) mass is 440 g/mol. The first-order chi connectivity index (χ1) is 13.3. The molecule has 0 radical (unpaired) electrons. The maximum atomic E-state index is 12.6. The molecule has 1 heterocycles. The van der Waals surface area contributed by atoms with Gasteiger partial charge in [0.05, 0.1) is 18.5 Å². The van der Waals surface area contributed by atoms with Crippen molar-refractivity contribution in [2.75, 3.05) is 23.7 Å². The number of carbonyl (C=O) groups excluding carboxylic acids is 1. The number of sulfonamides is 1. The summed E-state index contributed by atoms with van der Waals surface area (Å²) in [7, 11) is -3.58. The Hall–Kier alpha value is -1.76. The first-order valence-corrected chi connectivity index (χ1v) is 11.7. The summed E-state index contributed by atoms with van der Waals surface area (Å²) < 4.78 is 26.0. The van der Waals surface area contributed by atoms with Crippen LogP contribution in [0.2, 0.25) is 10.0 Å². The van der Waals surface area contributed by atoms with Crippen LogP contribution in [0.25, 0.3) is 0 Å². The van der Waals surface area contributed by atoms with Crippen molar-refractivity contribution in [3.63, 3.8) is 0 Å². The SMILES string of the molecule is CS(=O)(=O)N(Cc1c(Cl)cccc1Cl)c1ccc(C(=O)N2CCCCC2)cc1. The van der Waals surface area contributed by atoms with Gasteiger partial charge in [-0.05, 0) is 55.7 Å². The summed E-state index contributed by atoms with van der Waals surface area (Å²) in [6.45, 7) is 1.54. The average molecular weight is 441 g/mol. The van der Waals surface area contributed by atoms with Crippen LogP contribution in [0.5, 0.6) is 0 Å². The molecule has 2 aromatic carbocycles. The van der Waals surface area contributed by atoms with Crippen LogP contribution in [0.1, 0.15) is 35.2 Å². The van der Waals surface area contributed by atoms with Gasteiger partial charge in [-0.15, -0.1) is 0 Å². The Morgan fingerprint density at radius 1 is 1.00 bits per heavy atom. The lowest BCUT2D eigenvalue weighted by Crippen LogP contribution is -2.35. The first kappa shape index (κ1) is 21.0. The zero-order chi connectivity index (χ0) is 20.3. The second-order valence-corrected chi connectivity index (χ2v) is 9.59. The Morgan fingerprint density at radius 3 is 2.11 bits per heavy atom. The van der Waals surface area contributed by atoms with Crippen molar-refractivity contribution in [1.29, 1.82) is 0 Å². The van der Waals surface area contributed by atoms with Crippen LogP contribution >= 0.6 is 23.2 Å². The first-order valence-electron chi connectivity index (χ1n) is 9.07. The van der Waals surface area contributed by atoms with Crippen LogP contribution in [0.3, 0.4) is 0 Å². The maximum absolute atomic E-state index is 12.6. The Balaban J connectivity index is 1.86. The average Bonchev–Trinajstić information content (AvgIpc) is 2.67. The van der Waals surface area contributed by atoms with Crippen LogP contribution in [0.15, 0.2) is 42.5 Å². The normalized spacial score (nSPS) is 14.8. The van der Waals surface area contributed by atoms with E-state index in [2.05, 4.69) is 0 Å².